The largest absolute Gasteiger partial charge is 0.469 e. The van der Waals surface area contributed by atoms with Crippen molar-refractivity contribution in [1.29, 1.82) is 5.26 Å². The van der Waals surface area contributed by atoms with E-state index < -0.39 is 0 Å². The van der Waals surface area contributed by atoms with E-state index in [0.717, 1.165) is 42.5 Å². The maximum atomic E-state index is 11.5. The van der Waals surface area contributed by atoms with E-state index in [1.54, 1.807) is 0 Å². The van der Waals surface area contributed by atoms with Crippen molar-refractivity contribution in [2.75, 3.05) is 7.11 Å². The molecule has 0 aliphatic heterocycles. The van der Waals surface area contributed by atoms with E-state index in [4.69, 9.17) is 4.74 Å². The highest BCUT2D eigenvalue weighted by molar-refractivity contribution is 5.77. The monoisotopic (exact) mass is 270 g/mol. The molecule has 0 bridgehead atoms. The Morgan fingerprint density at radius 3 is 2.95 bits per heavy atom. The molecule has 1 aromatic rings. The highest BCUT2D eigenvalue weighted by atomic mass is 16.5. The number of carbonyl (C=O) groups is 1. The molecule has 0 aromatic carbocycles. The molecule has 2 fully saturated rings. The lowest BCUT2D eigenvalue weighted by Gasteiger charge is -2.10. The molecule has 0 amide bonds. The number of aromatic nitrogens is 1. The molecule has 0 radical (unpaired) electrons. The Balaban J connectivity index is 1.78. The van der Waals surface area contributed by atoms with Gasteiger partial charge in [0.25, 0.3) is 0 Å². The van der Waals surface area contributed by atoms with Gasteiger partial charge in [0, 0.05) is 11.9 Å². The first-order valence-corrected chi connectivity index (χ1v) is 7.03. The predicted octanol–water partition coefficient (Wildman–Crippen LogP) is 2.51. The normalized spacial score (nSPS) is 25.6. The van der Waals surface area contributed by atoms with Crippen molar-refractivity contribution in [3.8, 4) is 6.07 Å². The Labute approximate surface area is 118 Å². The van der Waals surface area contributed by atoms with Crippen LogP contribution in [0.3, 0.4) is 0 Å². The van der Waals surface area contributed by atoms with E-state index >= 15 is 0 Å². The number of hydrogen-bond donors (Lipinski definition) is 0. The van der Waals surface area contributed by atoms with Gasteiger partial charge in [-0.05, 0) is 49.7 Å². The number of aryl methyl sites for hydroxylation is 1. The zero-order valence-electron chi connectivity index (χ0n) is 11.8. The number of pyridine rings is 1. The smallest absolute Gasteiger partial charge is 0.309 e. The Morgan fingerprint density at radius 2 is 2.35 bits per heavy atom. The highest BCUT2D eigenvalue weighted by Gasteiger charge is 2.46. The SMILES string of the molecule is COC(=O)C1CC1c1cnc(C)c(CC2(C#N)CC2)c1. The van der Waals surface area contributed by atoms with Crippen LogP contribution in [0.25, 0.3) is 0 Å². The standard InChI is InChI=1S/C16H18N2O2/c1-10-11(7-16(9-17)3-4-16)5-12(8-18-10)13-6-14(13)15(19)20-2/h5,8,13-14H,3-4,6-7H2,1-2H3. The van der Waals surface area contributed by atoms with Crippen molar-refractivity contribution in [3.63, 3.8) is 0 Å². The summed E-state index contributed by atoms with van der Waals surface area (Å²) >= 11 is 0. The Bertz CT molecular complexity index is 599. The first kappa shape index (κ1) is 13.1. The minimum Gasteiger partial charge on any atom is -0.469 e. The Hall–Kier alpha value is -1.89. The number of methoxy groups -OCH3 is 1. The summed E-state index contributed by atoms with van der Waals surface area (Å²) < 4.78 is 4.79. The number of ether oxygens (including phenoxy) is 1. The van der Waals surface area contributed by atoms with Gasteiger partial charge in [0.05, 0.1) is 24.5 Å². The van der Waals surface area contributed by atoms with Crippen LogP contribution < -0.4 is 0 Å². The summed E-state index contributed by atoms with van der Waals surface area (Å²) in [5.74, 6) is 0.0996. The van der Waals surface area contributed by atoms with E-state index in [0.29, 0.717) is 0 Å². The molecule has 104 valence electrons. The first-order chi connectivity index (χ1) is 9.58. The van der Waals surface area contributed by atoms with Crippen LogP contribution in [-0.2, 0) is 16.0 Å². The van der Waals surface area contributed by atoms with Crippen LogP contribution >= 0.6 is 0 Å². The first-order valence-electron chi connectivity index (χ1n) is 7.03. The van der Waals surface area contributed by atoms with Gasteiger partial charge in [-0.2, -0.15) is 5.26 Å². The van der Waals surface area contributed by atoms with E-state index in [1.807, 2.05) is 13.1 Å². The van der Waals surface area contributed by atoms with Gasteiger partial charge in [-0.1, -0.05) is 6.07 Å². The quantitative estimate of drug-likeness (QED) is 0.789. The third-order valence-corrected chi connectivity index (χ3v) is 4.55. The fourth-order valence-electron chi connectivity index (χ4n) is 2.80. The van der Waals surface area contributed by atoms with E-state index in [9.17, 15) is 10.1 Å². The van der Waals surface area contributed by atoms with E-state index in [1.165, 1.54) is 7.11 Å². The number of esters is 1. The number of rotatable bonds is 4. The molecule has 2 aliphatic carbocycles. The molecule has 0 N–H and O–H groups in total. The third kappa shape index (κ3) is 2.29. The molecule has 1 heterocycles. The fourth-order valence-corrected chi connectivity index (χ4v) is 2.80. The topological polar surface area (TPSA) is 63.0 Å². The molecule has 0 spiro atoms. The average Bonchev–Trinajstić information content (AvgIpc) is 3.35. The Kier molecular flexibility index (Phi) is 3.01. The molecule has 2 aliphatic rings. The van der Waals surface area contributed by atoms with Crippen LogP contribution in [-0.4, -0.2) is 18.1 Å². The molecule has 0 saturated heterocycles. The van der Waals surface area contributed by atoms with Gasteiger partial charge in [-0.3, -0.25) is 9.78 Å². The van der Waals surface area contributed by atoms with E-state index in [-0.39, 0.29) is 23.2 Å². The van der Waals surface area contributed by atoms with Crippen molar-refractivity contribution >= 4 is 5.97 Å². The third-order valence-electron chi connectivity index (χ3n) is 4.55. The van der Waals surface area contributed by atoms with Gasteiger partial charge in [0.15, 0.2) is 0 Å². The summed E-state index contributed by atoms with van der Waals surface area (Å²) in [6.07, 6.45) is 5.47. The molecule has 1 aromatic heterocycles. The van der Waals surface area contributed by atoms with Crippen LogP contribution in [0.4, 0.5) is 0 Å². The van der Waals surface area contributed by atoms with Crippen LogP contribution in [0.15, 0.2) is 12.3 Å². The summed E-state index contributed by atoms with van der Waals surface area (Å²) in [5, 5.41) is 9.21. The number of nitriles is 1. The zero-order chi connectivity index (χ0) is 14.3. The van der Waals surface area contributed by atoms with Gasteiger partial charge in [-0.25, -0.2) is 0 Å². The minimum atomic E-state index is -0.156. The van der Waals surface area contributed by atoms with Crippen LogP contribution in [0.1, 0.15) is 42.0 Å². The fraction of sp³-hybridized carbons (Fsp3) is 0.562. The maximum Gasteiger partial charge on any atom is 0.309 e. The van der Waals surface area contributed by atoms with Gasteiger partial charge in [0.2, 0.25) is 0 Å². The van der Waals surface area contributed by atoms with Crippen LogP contribution in [0.5, 0.6) is 0 Å². The lowest BCUT2D eigenvalue weighted by atomic mass is 9.95. The van der Waals surface area contributed by atoms with Gasteiger partial charge < -0.3 is 4.74 Å². The summed E-state index contributed by atoms with van der Waals surface area (Å²) in [5.41, 5.74) is 3.09. The zero-order valence-corrected chi connectivity index (χ0v) is 11.8. The molecule has 20 heavy (non-hydrogen) atoms. The summed E-state index contributed by atoms with van der Waals surface area (Å²) in [4.78, 5) is 16.0. The highest BCUT2D eigenvalue weighted by Crippen LogP contribution is 2.50. The van der Waals surface area contributed by atoms with Crippen molar-refractivity contribution in [1.82, 2.24) is 4.98 Å². The predicted molar refractivity (Wildman–Crippen MR) is 72.8 cm³/mol. The lowest BCUT2D eigenvalue weighted by Crippen LogP contribution is -2.07. The molecule has 2 atom stereocenters. The lowest BCUT2D eigenvalue weighted by molar-refractivity contribution is -0.142. The number of nitrogens with zero attached hydrogens (tertiary/aromatic N) is 2. The van der Waals surface area contributed by atoms with E-state index in [2.05, 4.69) is 17.1 Å². The minimum absolute atomic E-state index is 0.0109. The summed E-state index contributed by atoms with van der Waals surface area (Å²) in [7, 11) is 1.43. The molecule has 2 unspecified atom stereocenters. The van der Waals surface area contributed by atoms with Gasteiger partial charge >= 0.3 is 5.97 Å². The second-order valence-corrected chi connectivity index (χ2v) is 6.05. The van der Waals surface area contributed by atoms with Crippen molar-refractivity contribution < 1.29 is 9.53 Å². The molecular weight excluding hydrogens is 252 g/mol. The molecule has 4 heteroatoms. The second kappa shape index (κ2) is 4.59. The van der Waals surface area contributed by atoms with Gasteiger partial charge in [-0.15, -0.1) is 0 Å². The molecular formula is C16H18N2O2. The van der Waals surface area contributed by atoms with Gasteiger partial charge in [0.1, 0.15) is 0 Å². The number of hydrogen-bond acceptors (Lipinski definition) is 4. The average molecular weight is 270 g/mol. The molecule has 3 rings (SSSR count). The van der Waals surface area contributed by atoms with Crippen LogP contribution in [0.2, 0.25) is 0 Å². The van der Waals surface area contributed by atoms with Crippen molar-refractivity contribution in [2.45, 2.75) is 38.5 Å². The van der Waals surface area contributed by atoms with Crippen LogP contribution in [0, 0.1) is 29.6 Å². The Morgan fingerprint density at radius 1 is 1.60 bits per heavy atom. The number of carbonyl (C=O) groups excluding carboxylic acids is 1. The second-order valence-electron chi connectivity index (χ2n) is 6.05. The molecule has 2 saturated carbocycles. The maximum absolute atomic E-state index is 11.5. The summed E-state index contributed by atoms with van der Waals surface area (Å²) in [6, 6.07) is 4.56. The summed E-state index contributed by atoms with van der Waals surface area (Å²) in [6.45, 7) is 1.98. The van der Waals surface area contributed by atoms with Crippen molar-refractivity contribution in [2.24, 2.45) is 11.3 Å². The van der Waals surface area contributed by atoms with Crippen molar-refractivity contribution in [3.05, 3.63) is 29.1 Å². The molecule has 4 nitrogen and oxygen atoms in total.